The van der Waals surface area contributed by atoms with Crippen molar-refractivity contribution in [3.8, 4) is 0 Å². The Morgan fingerprint density at radius 3 is 2.56 bits per heavy atom. The molecular weight excluding hydrogens is 116 g/mol. The van der Waals surface area contributed by atoms with Gasteiger partial charge in [-0.3, -0.25) is 0 Å². The molecule has 0 aliphatic carbocycles. The summed E-state index contributed by atoms with van der Waals surface area (Å²) in [5.74, 6) is 0. The molecule has 52 valence electrons. The highest BCUT2D eigenvalue weighted by molar-refractivity contribution is 5.09. The van der Waals surface area contributed by atoms with E-state index in [9.17, 15) is 0 Å². The Morgan fingerprint density at radius 1 is 1.67 bits per heavy atom. The van der Waals surface area contributed by atoms with Crippen molar-refractivity contribution in [3.63, 3.8) is 0 Å². The molecule has 0 bridgehead atoms. The van der Waals surface area contributed by atoms with Crippen molar-refractivity contribution < 1.29 is 9.47 Å². The summed E-state index contributed by atoms with van der Waals surface area (Å²) in [6.07, 6.45) is 0. The van der Waals surface area contributed by atoms with Gasteiger partial charge in [0, 0.05) is 0 Å². The van der Waals surface area contributed by atoms with Crippen LogP contribution in [0.3, 0.4) is 0 Å². The molecule has 0 spiro atoms. The van der Waals surface area contributed by atoms with Gasteiger partial charge in [0.25, 0.3) is 0 Å². The molecule has 1 aliphatic heterocycles. The first-order valence-electron chi connectivity index (χ1n) is 3.03. The summed E-state index contributed by atoms with van der Waals surface area (Å²) in [5.41, 5.74) is 0.806. The molecule has 0 aromatic rings. The molecule has 1 rings (SSSR count). The molecule has 1 saturated heterocycles. The Balaban J connectivity index is 2.61. The molecule has 0 aromatic carbocycles. The third-order valence-corrected chi connectivity index (χ3v) is 1.74. The highest BCUT2D eigenvalue weighted by Gasteiger charge is 2.31. The van der Waals surface area contributed by atoms with Crippen molar-refractivity contribution in [1.82, 2.24) is 0 Å². The van der Waals surface area contributed by atoms with Gasteiger partial charge in [0.05, 0.1) is 6.61 Å². The van der Waals surface area contributed by atoms with Crippen LogP contribution in [0, 0.1) is 0 Å². The van der Waals surface area contributed by atoms with Gasteiger partial charge in [0.2, 0.25) is 0 Å². The molecule has 0 saturated carbocycles. The first-order valence-corrected chi connectivity index (χ1v) is 3.03. The molecule has 0 N–H and O–H groups in total. The lowest BCUT2D eigenvalue weighted by atomic mass is 10.0. The maximum absolute atomic E-state index is 5.28. The standard InChI is InChI=1S/C7H12O2/c1-6(2)7(3)4-8-5-9-7/h1,4-5H2,2-3H3. The van der Waals surface area contributed by atoms with Gasteiger partial charge in [-0.2, -0.15) is 0 Å². The predicted octanol–water partition coefficient (Wildman–Crippen LogP) is 1.33. The monoisotopic (exact) mass is 128 g/mol. The third-order valence-electron chi connectivity index (χ3n) is 1.74. The average Bonchev–Trinajstić information content (AvgIpc) is 2.16. The number of hydrogen-bond acceptors (Lipinski definition) is 2. The minimum atomic E-state index is -0.222. The van der Waals surface area contributed by atoms with Crippen LogP contribution in [0.4, 0.5) is 0 Å². The first kappa shape index (κ1) is 6.78. The van der Waals surface area contributed by atoms with Gasteiger partial charge < -0.3 is 9.47 Å². The number of ether oxygens (including phenoxy) is 2. The van der Waals surface area contributed by atoms with E-state index in [1.54, 1.807) is 0 Å². The van der Waals surface area contributed by atoms with E-state index in [-0.39, 0.29) is 5.60 Å². The summed E-state index contributed by atoms with van der Waals surface area (Å²) in [5, 5.41) is 0. The number of rotatable bonds is 1. The third kappa shape index (κ3) is 1.14. The molecule has 2 nitrogen and oxygen atoms in total. The highest BCUT2D eigenvalue weighted by atomic mass is 16.7. The fourth-order valence-corrected chi connectivity index (χ4v) is 0.696. The summed E-state index contributed by atoms with van der Waals surface area (Å²) in [6.45, 7) is 8.79. The van der Waals surface area contributed by atoms with Gasteiger partial charge in [0.15, 0.2) is 0 Å². The second-order valence-electron chi connectivity index (χ2n) is 2.62. The zero-order chi connectivity index (χ0) is 6.91. The van der Waals surface area contributed by atoms with E-state index in [1.165, 1.54) is 0 Å². The molecule has 1 fully saturated rings. The zero-order valence-corrected chi connectivity index (χ0v) is 5.94. The lowest BCUT2D eigenvalue weighted by Gasteiger charge is -2.20. The van der Waals surface area contributed by atoms with Crippen LogP contribution in [0.5, 0.6) is 0 Å². The molecule has 0 amide bonds. The maximum Gasteiger partial charge on any atom is 0.148 e. The van der Waals surface area contributed by atoms with Crippen LogP contribution >= 0.6 is 0 Å². The van der Waals surface area contributed by atoms with Gasteiger partial charge in [-0.25, -0.2) is 0 Å². The topological polar surface area (TPSA) is 18.5 Å². The first-order chi connectivity index (χ1) is 4.15. The Morgan fingerprint density at radius 2 is 2.33 bits per heavy atom. The van der Waals surface area contributed by atoms with Crippen LogP contribution in [0.1, 0.15) is 13.8 Å². The molecule has 1 unspecified atom stereocenters. The van der Waals surface area contributed by atoms with Crippen LogP contribution in [0.2, 0.25) is 0 Å². The molecule has 1 heterocycles. The van der Waals surface area contributed by atoms with Crippen molar-refractivity contribution >= 4 is 0 Å². The average molecular weight is 128 g/mol. The normalized spacial score (nSPS) is 34.9. The minimum absolute atomic E-state index is 0.222. The van der Waals surface area contributed by atoms with Crippen molar-refractivity contribution in [2.75, 3.05) is 13.4 Å². The Labute approximate surface area is 55.5 Å². The van der Waals surface area contributed by atoms with E-state index in [2.05, 4.69) is 6.58 Å². The predicted molar refractivity (Wildman–Crippen MR) is 35.1 cm³/mol. The molecule has 9 heavy (non-hydrogen) atoms. The van der Waals surface area contributed by atoms with E-state index in [1.807, 2.05) is 13.8 Å². The smallest absolute Gasteiger partial charge is 0.148 e. The van der Waals surface area contributed by atoms with Gasteiger partial charge in [0.1, 0.15) is 12.4 Å². The fraction of sp³-hybridized carbons (Fsp3) is 0.714. The molecular formula is C7H12O2. The molecule has 1 atom stereocenters. The summed E-state index contributed by atoms with van der Waals surface area (Å²) >= 11 is 0. The quantitative estimate of drug-likeness (QED) is 0.496. The number of hydrogen-bond donors (Lipinski definition) is 0. The summed E-state index contributed by atoms with van der Waals surface area (Å²) < 4.78 is 10.3. The van der Waals surface area contributed by atoms with Gasteiger partial charge >= 0.3 is 0 Å². The van der Waals surface area contributed by atoms with E-state index >= 15 is 0 Å². The minimum Gasteiger partial charge on any atom is -0.352 e. The van der Waals surface area contributed by atoms with Crippen LogP contribution in [-0.4, -0.2) is 19.0 Å². The van der Waals surface area contributed by atoms with Gasteiger partial charge in [-0.05, 0) is 19.4 Å². The zero-order valence-electron chi connectivity index (χ0n) is 5.94. The van der Waals surface area contributed by atoms with E-state index in [0.29, 0.717) is 13.4 Å². The Kier molecular flexibility index (Phi) is 1.60. The molecule has 0 aromatic heterocycles. The van der Waals surface area contributed by atoms with Crippen molar-refractivity contribution in [1.29, 1.82) is 0 Å². The highest BCUT2D eigenvalue weighted by Crippen LogP contribution is 2.24. The van der Waals surface area contributed by atoms with Crippen molar-refractivity contribution in [2.24, 2.45) is 0 Å². The van der Waals surface area contributed by atoms with Gasteiger partial charge in [-0.1, -0.05) is 6.58 Å². The largest absolute Gasteiger partial charge is 0.352 e. The van der Waals surface area contributed by atoms with Crippen LogP contribution < -0.4 is 0 Å². The maximum atomic E-state index is 5.28. The van der Waals surface area contributed by atoms with Crippen molar-refractivity contribution in [3.05, 3.63) is 12.2 Å². The Bertz CT molecular complexity index is 123. The van der Waals surface area contributed by atoms with Gasteiger partial charge in [-0.15, -0.1) is 0 Å². The molecule has 2 heteroatoms. The van der Waals surface area contributed by atoms with E-state index in [0.717, 1.165) is 5.57 Å². The van der Waals surface area contributed by atoms with Crippen LogP contribution in [0.25, 0.3) is 0 Å². The van der Waals surface area contributed by atoms with E-state index < -0.39 is 0 Å². The summed E-state index contributed by atoms with van der Waals surface area (Å²) in [7, 11) is 0. The fourth-order valence-electron chi connectivity index (χ4n) is 0.696. The SMILES string of the molecule is C=C(C)C1(C)COCO1. The lowest BCUT2D eigenvalue weighted by molar-refractivity contribution is 0.0206. The second kappa shape index (κ2) is 2.12. The van der Waals surface area contributed by atoms with E-state index in [4.69, 9.17) is 9.47 Å². The van der Waals surface area contributed by atoms with Crippen molar-refractivity contribution in [2.45, 2.75) is 19.4 Å². The second-order valence-corrected chi connectivity index (χ2v) is 2.62. The molecule has 0 radical (unpaired) electrons. The lowest BCUT2D eigenvalue weighted by Crippen LogP contribution is -2.27. The Hall–Kier alpha value is -0.340. The summed E-state index contributed by atoms with van der Waals surface area (Å²) in [6, 6.07) is 0. The van der Waals surface area contributed by atoms with Crippen LogP contribution in [0.15, 0.2) is 12.2 Å². The molecule has 1 aliphatic rings. The summed E-state index contributed by atoms with van der Waals surface area (Å²) in [4.78, 5) is 0. The van der Waals surface area contributed by atoms with Crippen LogP contribution in [-0.2, 0) is 9.47 Å².